The molecule has 1 aromatic heterocycles. The first kappa shape index (κ1) is 31.7. The first-order valence-corrected chi connectivity index (χ1v) is 15.0. The van der Waals surface area contributed by atoms with Crippen LogP contribution in [0.1, 0.15) is 39.9 Å². The predicted molar refractivity (Wildman–Crippen MR) is 170 cm³/mol. The van der Waals surface area contributed by atoms with E-state index in [2.05, 4.69) is 31.2 Å². The highest BCUT2D eigenvalue weighted by molar-refractivity contribution is 9.10. The number of carbonyl (C=O) groups excluding carboxylic acids is 2. The van der Waals surface area contributed by atoms with Crippen LogP contribution in [0, 0.1) is 12.7 Å². The number of amides is 1. The number of benzene rings is 3. The number of hydrogen-bond acceptors (Lipinski definition) is 8. The minimum atomic E-state index is -0.703. The van der Waals surface area contributed by atoms with Crippen molar-refractivity contribution in [3.05, 3.63) is 110 Å². The van der Waals surface area contributed by atoms with Crippen LogP contribution in [0.25, 0.3) is 11.3 Å². The van der Waals surface area contributed by atoms with Gasteiger partial charge in [-0.2, -0.15) is 0 Å². The van der Waals surface area contributed by atoms with Gasteiger partial charge in [-0.25, -0.2) is 19.0 Å². The maximum Gasteiger partial charge on any atom is 0.409 e. The number of nitrogens with one attached hydrogen (secondary N) is 2. The fourth-order valence-corrected chi connectivity index (χ4v) is 5.37. The van der Waals surface area contributed by atoms with E-state index in [9.17, 15) is 18.8 Å². The summed E-state index contributed by atoms with van der Waals surface area (Å²) in [6.07, 6.45) is 1.00. The molecule has 3 aromatic carbocycles. The molecule has 234 valence electrons. The number of esters is 1. The second-order valence-electron chi connectivity index (χ2n) is 10.7. The third-order valence-corrected chi connectivity index (χ3v) is 8.19. The molecule has 12 heteroatoms. The first-order chi connectivity index (χ1) is 21.6. The number of para-hydroxylation sites is 1. The van der Waals surface area contributed by atoms with E-state index in [-0.39, 0.29) is 40.5 Å². The van der Waals surface area contributed by atoms with Crippen LogP contribution in [0.3, 0.4) is 0 Å². The van der Waals surface area contributed by atoms with E-state index >= 15 is 0 Å². The van der Waals surface area contributed by atoms with Gasteiger partial charge in [-0.05, 0) is 65.0 Å². The van der Waals surface area contributed by atoms with Crippen molar-refractivity contribution in [3.8, 4) is 17.0 Å². The molecule has 10 nitrogen and oxygen atoms in total. The van der Waals surface area contributed by atoms with Gasteiger partial charge in [0.25, 0.3) is 5.56 Å². The fourth-order valence-electron chi connectivity index (χ4n) is 4.88. The molecule has 4 aromatic rings. The molecular formula is C33H32BrFN4O6. The Morgan fingerprint density at radius 1 is 1.11 bits per heavy atom. The zero-order valence-corrected chi connectivity index (χ0v) is 26.6. The molecule has 0 atom stereocenters. The molecule has 1 fully saturated rings. The van der Waals surface area contributed by atoms with Crippen LogP contribution in [-0.2, 0) is 21.6 Å². The number of rotatable bonds is 11. The molecule has 0 saturated heterocycles. The standard InChI is InChI=1S/C33H32BrFN4O6/c1-20-23(17-22(18-25(20)35)31(41)43-3)27-28(34)37-29(30(40)36-27)38-33(13-14-33)24-11-7-8-12-26(24)44-16-15-39(2)32(42)45-19-21-9-5-4-6-10-21/h4-12,17-18H,13-16,19H2,1-3H3,(H,36,40)(H,37,38). The van der Waals surface area contributed by atoms with E-state index in [0.29, 0.717) is 17.9 Å². The van der Waals surface area contributed by atoms with Crippen LogP contribution >= 0.6 is 15.9 Å². The van der Waals surface area contributed by atoms with Crippen LogP contribution in [-0.4, -0.2) is 54.2 Å². The number of methoxy groups -OCH3 is 1. The van der Waals surface area contributed by atoms with E-state index in [4.69, 9.17) is 14.2 Å². The summed E-state index contributed by atoms with van der Waals surface area (Å²) in [5.41, 5.74) is 1.42. The van der Waals surface area contributed by atoms with Gasteiger partial charge in [0.05, 0.1) is 30.5 Å². The molecule has 1 aliphatic rings. The lowest BCUT2D eigenvalue weighted by Crippen LogP contribution is -2.31. The molecule has 0 unspecified atom stereocenters. The van der Waals surface area contributed by atoms with Gasteiger partial charge in [0, 0.05) is 18.2 Å². The Kier molecular flexibility index (Phi) is 9.52. The van der Waals surface area contributed by atoms with Crippen molar-refractivity contribution in [2.45, 2.75) is 31.9 Å². The summed E-state index contributed by atoms with van der Waals surface area (Å²) in [7, 11) is 2.85. The monoisotopic (exact) mass is 678 g/mol. The van der Waals surface area contributed by atoms with Crippen LogP contribution in [0.15, 0.2) is 76.1 Å². The molecule has 1 amide bonds. The Labute approximate surface area is 267 Å². The number of carbonyl (C=O) groups is 2. The highest BCUT2D eigenvalue weighted by Gasteiger charge is 2.47. The van der Waals surface area contributed by atoms with E-state index in [1.165, 1.54) is 18.1 Å². The number of hydrogen-bond donors (Lipinski definition) is 2. The van der Waals surface area contributed by atoms with Crippen molar-refractivity contribution in [1.82, 2.24) is 14.9 Å². The average Bonchev–Trinajstić information content (AvgIpc) is 3.83. The van der Waals surface area contributed by atoms with Gasteiger partial charge >= 0.3 is 12.1 Å². The quantitative estimate of drug-likeness (QED) is 0.180. The lowest BCUT2D eigenvalue weighted by atomic mass is 10.0. The molecule has 45 heavy (non-hydrogen) atoms. The molecule has 1 heterocycles. The summed E-state index contributed by atoms with van der Waals surface area (Å²) in [4.78, 5) is 46.4. The average molecular weight is 680 g/mol. The topological polar surface area (TPSA) is 123 Å². The Balaban J connectivity index is 1.28. The number of aromatic nitrogens is 2. The van der Waals surface area contributed by atoms with E-state index in [0.717, 1.165) is 30.0 Å². The highest BCUT2D eigenvalue weighted by Crippen LogP contribution is 2.51. The summed E-state index contributed by atoms with van der Waals surface area (Å²) in [6.45, 7) is 2.26. The fraction of sp³-hybridized carbons (Fsp3) is 0.273. The van der Waals surface area contributed by atoms with Gasteiger partial charge in [0.2, 0.25) is 0 Å². The molecule has 1 saturated carbocycles. The minimum Gasteiger partial charge on any atom is -0.491 e. The lowest BCUT2D eigenvalue weighted by Gasteiger charge is -2.23. The second kappa shape index (κ2) is 13.5. The number of H-pyrrole nitrogens is 1. The van der Waals surface area contributed by atoms with Gasteiger partial charge in [-0.1, -0.05) is 48.5 Å². The summed E-state index contributed by atoms with van der Waals surface area (Å²) in [5.74, 6) is -0.634. The molecular weight excluding hydrogens is 647 g/mol. The normalized spacial score (nSPS) is 13.1. The van der Waals surface area contributed by atoms with E-state index in [1.54, 1.807) is 14.0 Å². The highest BCUT2D eigenvalue weighted by atomic mass is 79.9. The molecule has 0 aliphatic heterocycles. The molecule has 1 aliphatic carbocycles. The van der Waals surface area contributed by atoms with Crippen molar-refractivity contribution in [2.75, 3.05) is 32.6 Å². The van der Waals surface area contributed by atoms with Crippen LogP contribution in [0.4, 0.5) is 15.0 Å². The maximum absolute atomic E-state index is 14.7. The third-order valence-electron chi connectivity index (χ3n) is 7.62. The molecule has 0 radical (unpaired) electrons. The van der Waals surface area contributed by atoms with Crippen molar-refractivity contribution < 1.29 is 28.2 Å². The van der Waals surface area contributed by atoms with Gasteiger partial charge in [-0.15, -0.1) is 0 Å². The number of halogens is 2. The largest absolute Gasteiger partial charge is 0.491 e. The maximum atomic E-state index is 14.7. The number of anilines is 1. The lowest BCUT2D eigenvalue weighted by molar-refractivity contribution is 0.0600. The number of nitrogens with zero attached hydrogens (tertiary/aromatic N) is 2. The Morgan fingerprint density at radius 2 is 1.82 bits per heavy atom. The number of likely N-dealkylation sites (N-methyl/N-ethyl adjacent to an activating group) is 1. The van der Waals surface area contributed by atoms with Gasteiger partial charge in [0.15, 0.2) is 5.82 Å². The summed E-state index contributed by atoms with van der Waals surface area (Å²) >= 11 is 3.41. The second-order valence-corrected chi connectivity index (χ2v) is 11.5. The Morgan fingerprint density at radius 3 is 2.53 bits per heavy atom. The molecule has 0 spiro atoms. The molecule has 0 bridgehead atoms. The Bertz CT molecular complexity index is 1780. The van der Waals surface area contributed by atoms with Crippen LogP contribution < -0.4 is 15.6 Å². The zero-order valence-electron chi connectivity index (χ0n) is 25.0. The van der Waals surface area contributed by atoms with Crippen molar-refractivity contribution >= 4 is 33.8 Å². The molecule has 2 N–H and O–H groups in total. The summed E-state index contributed by atoms with van der Waals surface area (Å²) < 4.78 is 31.1. The SMILES string of the molecule is COC(=O)c1cc(F)c(C)c(-c2[nH]c(=O)c(NC3(c4ccccc4OCCN(C)C(=O)OCc4ccccc4)CC3)nc2Br)c1. The molecule has 5 rings (SSSR count). The smallest absolute Gasteiger partial charge is 0.409 e. The van der Waals surface area contributed by atoms with Gasteiger partial charge in [0.1, 0.15) is 29.4 Å². The summed E-state index contributed by atoms with van der Waals surface area (Å²) in [5, 5.41) is 3.29. The third kappa shape index (κ3) is 7.17. The predicted octanol–water partition coefficient (Wildman–Crippen LogP) is 6.18. The van der Waals surface area contributed by atoms with Gasteiger partial charge in [-0.3, -0.25) is 4.79 Å². The first-order valence-electron chi connectivity index (χ1n) is 14.2. The minimum absolute atomic E-state index is 0.00867. The van der Waals surface area contributed by atoms with Crippen molar-refractivity contribution in [2.24, 2.45) is 0 Å². The van der Waals surface area contributed by atoms with Crippen molar-refractivity contribution in [1.29, 1.82) is 0 Å². The number of aromatic amines is 1. The Hall–Kier alpha value is -4.71. The van der Waals surface area contributed by atoms with E-state index in [1.807, 2.05) is 54.6 Å². The van der Waals surface area contributed by atoms with E-state index < -0.39 is 29.0 Å². The van der Waals surface area contributed by atoms with Gasteiger partial charge < -0.3 is 29.4 Å². The van der Waals surface area contributed by atoms with Crippen LogP contribution in [0.5, 0.6) is 5.75 Å². The zero-order chi connectivity index (χ0) is 32.1. The summed E-state index contributed by atoms with van der Waals surface area (Å²) in [6, 6.07) is 19.5. The van der Waals surface area contributed by atoms with Crippen LogP contribution in [0.2, 0.25) is 0 Å². The number of ether oxygens (including phenoxy) is 3. The van der Waals surface area contributed by atoms with Crippen molar-refractivity contribution in [3.63, 3.8) is 0 Å².